The van der Waals surface area contributed by atoms with Gasteiger partial charge < -0.3 is 5.32 Å². The first-order chi connectivity index (χ1) is 9.54. The van der Waals surface area contributed by atoms with Crippen LogP contribution in [0.4, 0.5) is 0 Å². The number of hydrogen-bond donors (Lipinski definition) is 1. The van der Waals surface area contributed by atoms with Crippen LogP contribution in [0.1, 0.15) is 38.1 Å². The molecule has 3 rings (SSSR count). The minimum absolute atomic E-state index is 0.187. The van der Waals surface area contributed by atoms with Gasteiger partial charge in [-0.1, -0.05) is 45.0 Å². The molecule has 0 saturated carbocycles. The fourth-order valence-corrected chi connectivity index (χ4v) is 2.34. The Balaban J connectivity index is 1.89. The van der Waals surface area contributed by atoms with E-state index in [4.69, 9.17) is 4.98 Å². The fourth-order valence-electron chi connectivity index (χ4n) is 2.34. The van der Waals surface area contributed by atoms with Gasteiger partial charge in [0.15, 0.2) is 0 Å². The third-order valence-corrected chi connectivity index (χ3v) is 3.87. The van der Waals surface area contributed by atoms with Gasteiger partial charge in [-0.15, -0.1) is 0 Å². The molecule has 20 heavy (non-hydrogen) atoms. The minimum Gasteiger partial charge on any atom is -0.315 e. The average molecular weight is 267 g/mol. The second-order valence-corrected chi connectivity index (χ2v) is 6.48. The van der Waals surface area contributed by atoms with Crippen LogP contribution in [0.15, 0.2) is 36.5 Å². The van der Waals surface area contributed by atoms with Crippen molar-refractivity contribution in [2.75, 3.05) is 13.1 Å². The summed E-state index contributed by atoms with van der Waals surface area (Å²) in [4.78, 5) is 9.10. The van der Waals surface area contributed by atoms with E-state index >= 15 is 0 Å². The quantitative estimate of drug-likeness (QED) is 0.908. The van der Waals surface area contributed by atoms with Crippen molar-refractivity contribution in [1.82, 2.24) is 15.3 Å². The number of hydrogen-bond acceptors (Lipinski definition) is 3. The summed E-state index contributed by atoms with van der Waals surface area (Å²) in [6, 6.07) is 10.7. The highest BCUT2D eigenvalue weighted by Crippen LogP contribution is 2.26. The molecular formula is C17H21N3. The van der Waals surface area contributed by atoms with Crippen molar-refractivity contribution in [2.24, 2.45) is 0 Å². The molecular weight excluding hydrogens is 246 g/mol. The summed E-state index contributed by atoms with van der Waals surface area (Å²) >= 11 is 0. The molecule has 2 heterocycles. The summed E-state index contributed by atoms with van der Waals surface area (Å²) < 4.78 is 0. The molecule has 3 heteroatoms. The van der Waals surface area contributed by atoms with Gasteiger partial charge in [0.05, 0.1) is 5.69 Å². The van der Waals surface area contributed by atoms with E-state index in [-0.39, 0.29) is 5.41 Å². The van der Waals surface area contributed by atoms with Gasteiger partial charge >= 0.3 is 0 Å². The third-order valence-electron chi connectivity index (χ3n) is 3.87. The number of nitrogens with zero attached hydrogens (tertiary/aromatic N) is 2. The lowest BCUT2D eigenvalue weighted by molar-refractivity contribution is 0.430. The largest absolute Gasteiger partial charge is 0.315 e. The van der Waals surface area contributed by atoms with Crippen molar-refractivity contribution in [3.8, 4) is 11.3 Å². The van der Waals surface area contributed by atoms with Crippen LogP contribution in [-0.2, 0) is 5.41 Å². The molecule has 0 atom stereocenters. The van der Waals surface area contributed by atoms with E-state index in [1.54, 1.807) is 0 Å². The maximum absolute atomic E-state index is 4.71. The Morgan fingerprint density at radius 2 is 1.75 bits per heavy atom. The molecule has 1 saturated heterocycles. The van der Waals surface area contributed by atoms with Crippen molar-refractivity contribution < 1.29 is 0 Å². The Bertz CT molecular complexity index is 592. The van der Waals surface area contributed by atoms with E-state index < -0.39 is 0 Å². The maximum Gasteiger partial charge on any atom is 0.134 e. The molecule has 0 amide bonds. The number of benzene rings is 1. The van der Waals surface area contributed by atoms with Gasteiger partial charge in [0.25, 0.3) is 0 Å². The molecule has 1 N–H and O–H groups in total. The van der Waals surface area contributed by atoms with Gasteiger partial charge in [0.2, 0.25) is 0 Å². The topological polar surface area (TPSA) is 37.8 Å². The SMILES string of the molecule is CC(C)(C)c1ccc(-c2ccnc(C3CNC3)n2)cc1. The molecule has 1 aliphatic heterocycles. The lowest BCUT2D eigenvalue weighted by atomic mass is 9.86. The van der Waals surface area contributed by atoms with E-state index in [9.17, 15) is 0 Å². The Hall–Kier alpha value is -1.74. The smallest absolute Gasteiger partial charge is 0.134 e. The molecule has 1 aromatic heterocycles. The third kappa shape index (κ3) is 2.59. The van der Waals surface area contributed by atoms with Crippen molar-refractivity contribution in [3.63, 3.8) is 0 Å². The van der Waals surface area contributed by atoms with Crippen molar-refractivity contribution in [3.05, 3.63) is 47.9 Å². The number of nitrogens with one attached hydrogen (secondary N) is 1. The summed E-state index contributed by atoms with van der Waals surface area (Å²) in [5, 5.41) is 3.26. The Morgan fingerprint density at radius 3 is 2.30 bits per heavy atom. The molecule has 1 aliphatic rings. The van der Waals surface area contributed by atoms with E-state index in [2.05, 4.69) is 55.3 Å². The summed E-state index contributed by atoms with van der Waals surface area (Å²) in [7, 11) is 0. The van der Waals surface area contributed by atoms with Crippen LogP contribution in [0, 0.1) is 0 Å². The van der Waals surface area contributed by atoms with E-state index in [1.807, 2.05) is 12.3 Å². The molecule has 0 spiro atoms. The van der Waals surface area contributed by atoms with Crippen LogP contribution in [-0.4, -0.2) is 23.1 Å². The molecule has 0 radical (unpaired) electrons. The predicted octanol–water partition coefficient (Wildman–Crippen LogP) is 3.13. The van der Waals surface area contributed by atoms with Crippen LogP contribution >= 0.6 is 0 Å². The maximum atomic E-state index is 4.71. The Labute approximate surface area is 120 Å². The molecule has 2 aromatic rings. The zero-order valence-corrected chi connectivity index (χ0v) is 12.4. The van der Waals surface area contributed by atoms with Crippen molar-refractivity contribution in [2.45, 2.75) is 32.1 Å². The molecule has 0 unspecified atom stereocenters. The molecule has 1 aromatic carbocycles. The van der Waals surface area contributed by atoms with Crippen LogP contribution < -0.4 is 5.32 Å². The van der Waals surface area contributed by atoms with Crippen LogP contribution in [0.2, 0.25) is 0 Å². The monoisotopic (exact) mass is 267 g/mol. The average Bonchev–Trinajstić information content (AvgIpc) is 2.36. The summed E-state index contributed by atoms with van der Waals surface area (Å²) in [6.07, 6.45) is 1.87. The number of rotatable bonds is 2. The first-order valence-electron chi connectivity index (χ1n) is 7.18. The summed E-state index contributed by atoms with van der Waals surface area (Å²) in [6.45, 7) is 8.68. The zero-order valence-electron chi connectivity index (χ0n) is 12.4. The molecule has 3 nitrogen and oxygen atoms in total. The van der Waals surface area contributed by atoms with Gasteiger partial charge in [0.1, 0.15) is 5.82 Å². The Kier molecular flexibility index (Phi) is 3.30. The first kappa shape index (κ1) is 13.3. The Morgan fingerprint density at radius 1 is 1.05 bits per heavy atom. The second kappa shape index (κ2) is 4.98. The lowest BCUT2D eigenvalue weighted by Gasteiger charge is -2.25. The molecule has 0 bridgehead atoms. The van der Waals surface area contributed by atoms with Crippen molar-refractivity contribution >= 4 is 0 Å². The second-order valence-electron chi connectivity index (χ2n) is 6.48. The van der Waals surface area contributed by atoms with Gasteiger partial charge in [-0.05, 0) is 17.0 Å². The molecule has 104 valence electrons. The summed E-state index contributed by atoms with van der Waals surface area (Å²) in [5.41, 5.74) is 3.71. The first-order valence-corrected chi connectivity index (χ1v) is 7.18. The summed E-state index contributed by atoms with van der Waals surface area (Å²) in [5.74, 6) is 1.44. The van der Waals surface area contributed by atoms with Crippen LogP contribution in [0.25, 0.3) is 11.3 Å². The lowest BCUT2D eigenvalue weighted by Crippen LogP contribution is -2.40. The van der Waals surface area contributed by atoms with Gasteiger partial charge in [-0.25, -0.2) is 9.97 Å². The van der Waals surface area contributed by atoms with Gasteiger partial charge in [0, 0.05) is 30.8 Å². The minimum atomic E-state index is 0.187. The standard InChI is InChI=1S/C17H21N3/c1-17(2,3)14-6-4-12(5-7-14)15-8-9-19-16(20-15)13-10-18-11-13/h4-9,13,18H,10-11H2,1-3H3. The van der Waals surface area contributed by atoms with E-state index in [0.29, 0.717) is 5.92 Å². The van der Waals surface area contributed by atoms with Crippen LogP contribution in [0.3, 0.4) is 0 Å². The predicted molar refractivity (Wildman–Crippen MR) is 81.8 cm³/mol. The molecule has 1 fully saturated rings. The number of aromatic nitrogens is 2. The zero-order chi connectivity index (χ0) is 14.2. The van der Waals surface area contributed by atoms with Crippen molar-refractivity contribution in [1.29, 1.82) is 0 Å². The highest BCUT2D eigenvalue weighted by molar-refractivity contribution is 5.59. The van der Waals surface area contributed by atoms with Gasteiger partial charge in [-0.3, -0.25) is 0 Å². The van der Waals surface area contributed by atoms with E-state index in [1.165, 1.54) is 5.56 Å². The highest BCUT2D eigenvalue weighted by atomic mass is 15.0. The normalized spacial score (nSPS) is 15.9. The van der Waals surface area contributed by atoms with Crippen LogP contribution in [0.5, 0.6) is 0 Å². The van der Waals surface area contributed by atoms with E-state index in [0.717, 1.165) is 30.2 Å². The van der Waals surface area contributed by atoms with Gasteiger partial charge in [-0.2, -0.15) is 0 Å². The highest BCUT2D eigenvalue weighted by Gasteiger charge is 2.22. The molecule has 0 aliphatic carbocycles. The fraction of sp³-hybridized carbons (Fsp3) is 0.412.